The van der Waals surface area contributed by atoms with Gasteiger partial charge < -0.3 is 10.1 Å². The summed E-state index contributed by atoms with van der Waals surface area (Å²) in [6, 6.07) is 0. The van der Waals surface area contributed by atoms with Crippen LogP contribution in [0.1, 0.15) is 86.3 Å². The molecule has 4 saturated carbocycles. The molecule has 2 unspecified atom stereocenters. The summed E-state index contributed by atoms with van der Waals surface area (Å²) in [4.78, 5) is 32.1. The lowest BCUT2D eigenvalue weighted by Gasteiger charge is -2.65. The van der Waals surface area contributed by atoms with Gasteiger partial charge in [0.1, 0.15) is 10.7 Å². The zero-order chi connectivity index (χ0) is 23.0. The number of carbonyl (C=O) groups is 1. The number of carbonyl (C=O) groups excluding carboxylic acids is 1. The smallest absolute Gasteiger partial charge is 0.262 e. The number of aryl methyl sites for hydroxylation is 2. The minimum atomic E-state index is -0.120. The second-order valence-electron chi connectivity index (χ2n) is 12.1. The van der Waals surface area contributed by atoms with E-state index >= 15 is 0 Å². The average Bonchev–Trinajstić information content (AvgIpc) is 3.05. The summed E-state index contributed by atoms with van der Waals surface area (Å²) in [5, 5.41) is 3.66. The fourth-order valence-corrected chi connectivity index (χ4v) is 9.57. The van der Waals surface area contributed by atoms with Gasteiger partial charge in [0.25, 0.3) is 11.5 Å². The van der Waals surface area contributed by atoms with Crippen molar-refractivity contribution in [3.05, 3.63) is 26.6 Å². The van der Waals surface area contributed by atoms with Crippen molar-refractivity contribution in [1.29, 1.82) is 0 Å². The van der Waals surface area contributed by atoms with Gasteiger partial charge in [0.2, 0.25) is 0 Å². The molecule has 0 radical (unpaired) electrons. The van der Waals surface area contributed by atoms with E-state index in [1.807, 2.05) is 6.92 Å². The van der Waals surface area contributed by atoms with E-state index in [0.717, 1.165) is 56.0 Å². The molecule has 7 heteroatoms. The Bertz CT molecular complexity index is 1180. The van der Waals surface area contributed by atoms with Crippen LogP contribution in [-0.4, -0.2) is 34.2 Å². The van der Waals surface area contributed by atoms with Gasteiger partial charge in [0.05, 0.1) is 22.5 Å². The van der Waals surface area contributed by atoms with E-state index in [9.17, 15) is 9.59 Å². The molecule has 1 aliphatic heterocycles. The summed E-state index contributed by atoms with van der Waals surface area (Å²) >= 11 is 1.35. The first-order chi connectivity index (χ1) is 15.7. The van der Waals surface area contributed by atoms with Crippen LogP contribution in [0.4, 0.5) is 0 Å². The van der Waals surface area contributed by atoms with Crippen LogP contribution in [0, 0.1) is 23.7 Å². The summed E-state index contributed by atoms with van der Waals surface area (Å²) in [5.74, 6) is 1.54. The first-order valence-corrected chi connectivity index (χ1v) is 13.5. The number of fused-ring (bicyclic) bond motifs is 2. The molecule has 4 fully saturated rings. The number of thiophene rings is 1. The van der Waals surface area contributed by atoms with E-state index in [1.165, 1.54) is 37.0 Å². The van der Waals surface area contributed by atoms with Crippen molar-refractivity contribution >= 4 is 27.5 Å². The Morgan fingerprint density at radius 1 is 1.18 bits per heavy atom. The lowest BCUT2D eigenvalue weighted by molar-refractivity contribution is -0.213. The number of hydrogen-bond donors (Lipinski definition) is 1. The predicted octanol–water partition coefficient (Wildman–Crippen LogP) is 4.60. The van der Waals surface area contributed by atoms with Gasteiger partial charge in [-0.1, -0.05) is 13.8 Å². The number of ether oxygens (including phenoxy) is 1. The summed E-state index contributed by atoms with van der Waals surface area (Å²) in [7, 11) is 0. The van der Waals surface area contributed by atoms with Gasteiger partial charge in [0.15, 0.2) is 0 Å². The molecule has 0 aromatic carbocycles. The fourth-order valence-electron chi connectivity index (χ4n) is 8.47. The van der Waals surface area contributed by atoms with Gasteiger partial charge in [-0.15, -0.1) is 11.3 Å². The summed E-state index contributed by atoms with van der Waals surface area (Å²) < 4.78 is 8.36. The van der Waals surface area contributed by atoms with Crippen LogP contribution in [0.5, 0.6) is 0 Å². The highest BCUT2D eigenvalue weighted by molar-refractivity contribution is 7.20. The molecule has 6 nitrogen and oxygen atoms in total. The average molecular weight is 470 g/mol. The maximum Gasteiger partial charge on any atom is 0.262 e. The Hall–Kier alpha value is -1.73. The molecule has 4 bridgehead atoms. The monoisotopic (exact) mass is 469 g/mol. The van der Waals surface area contributed by atoms with Crippen LogP contribution in [0.2, 0.25) is 0 Å². The molecule has 1 N–H and O–H groups in total. The van der Waals surface area contributed by atoms with Gasteiger partial charge in [-0.3, -0.25) is 14.2 Å². The van der Waals surface area contributed by atoms with Crippen molar-refractivity contribution in [2.75, 3.05) is 13.2 Å². The largest absolute Gasteiger partial charge is 0.373 e. The number of hydrogen-bond acceptors (Lipinski definition) is 5. The van der Waals surface area contributed by atoms with Gasteiger partial charge in [-0.05, 0) is 80.6 Å². The Morgan fingerprint density at radius 2 is 1.94 bits per heavy atom. The van der Waals surface area contributed by atoms with Gasteiger partial charge in [-0.2, -0.15) is 0 Å². The minimum absolute atomic E-state index is 0.00114. The fraction of sp³-hybridized carbons (Fsp3) is 0.731. The third-order valence-electron chi connectivity index (χ3n) is 8.74. The van der Waals surface area contributed by atoms with Crippen LogP contribution in [0.3, 0.4) is 0 Å². The van der Waals surface area contributed by atoms with Crippen molar-refractivity contribution in [2.45, 2.75) is 90.7 Å². The molecule has 0 saturated heterocycles. The number of nitrogens with zero attached hydrogens (tertiary/aromatic N) is 2. The maximum atomic E-state index is 13.0. The number of aromatic nitrogens is 2. The van der Waals surface area contributed by atoms with E-state index < -0.39 is 0 Å². The third kappa shape index (κ3) is 3.57. The molecule has 2 aromatic rings. The highest BCUT2D eigenvalue weighted by Crippen LogP contribution is 2.67. The topological polar surface area (TPSA) is 73.2 Å². The molecule has 3 heterocycles. The molecular formula is C26H35N3O3S. The number of nitrogens with one attached hydrogen (secondary N) is 1. The van der Waals surface area contributed by atoms with Crippen molar-refractivity contribution in [1.82, 2.24) is 14.9 Å². The van der Waals surface area contributed by atoms with E-state index in [2.05, 4.69) is 19.2 Å². The van der Waals surface area contributed by atoms with Crippen LogP contribution in [-0.2, 0) is 17.7 Å². The Balaban J connectivity index is 1.13. The Kier molecular flexibility index (Phi) is 4.87. The van der Waals surface area contributed by atoms with Gasteiger partial charge >= 0.3 is 0 Å². The van der Waals surface area contributed by atoms with E-state index in [0.29, 0.717) is 39.1 Å². The van der Waals surface area contributed by atoms with Crippen LogP contribution in [0.15, 0.2) is 4.79 Å². The molecular weight excluding hydrogens is 434 g/mol. The highest BCUT2D eigenvalue weighted by atomic mass is 32.1. The summed E-state index contributed by atoms with van der Waals surface area (Å²) in [6.45, 7) is 8.55. The zero-order valence-electron chi connectivity index (χ0n) is 20.1. The first kappa shape index (κ1) is 21.8. The molecule has 4 atom stereocenters. The quantitative estimate of drug-likeness (QED) is 0.650. The molecule has 7 rings (SSSR count). The SMILES string of the molecule is Cc1c(C(=O)NCCOC23CC4C[C@@](C)(C2)C[C@](C)(C4)C3)sc2nc3n(c(=O)c12)CCCC3. The normalized spacial score (nSPS) is 34.6. The summed E-state index contributed by atoms with van der Waals surface area (Å²) in [5.41, 5.74) is 1.61. The van der Waals surface area contributed by atoms with Crippen LogP contribution >= 0.6 is 11.3 Å². The second-order valence-corrected chi connectivity index (χ2v) is 13.1. The van der Waals surface area contributed by atoms with Crippen molar-refractivity contribution in [2.24, 2.45) is 16.7 Å². The standard InChI is InChI=1S/C26H35N3O3S/c1-16-19-22(28-18-6-4-5-8-29(18)23(19)31)33-20(16)21(30)27-7-9-32-26-12-17-10-24(2,14-26)13-25(3,11-17)15-26/h17H,4-15H2,1-3H3,(H,27,30)/t17?,24-,25+,26?. The van der Waals surface area contributed by atoms with E-state index in [4.69, 9.17) is 9.72 Å². The molecule has 4 aliphatic carbocycles. The zero-order valence-corrected chi connectivity index (χ0v) is 20.9. The molecule has 33 heavy (non-hydrogen) atoms. The molecule has 1 amide bonds. The lowest BCUT2D eigenvalue weighted by atomic mass is 9.43. The lowest BCUT2D eigenvalue weighted by Crippen LogP contribution is -2.59. The van der Waals surface area contributed by atoms with E-state index in [1.54, 1.807) is 4.57 Å². The van der Waals surface area contributed by atoms with Crippen molar-refractivity contribution in [3.63, 3.8) is 0 Å². The van der Waals surface area contributed by atoms with Crippen LogP contribution < -0.4 is 10.9 Å². The van der Waals surface area contributed by atoms with E-state index in [-0.39, 0.29) is 17.1 Å². The second kappa shape index (κ2) is 7.38. The van der Waals surface area contributed by atoms with Crippen molar-refractivity contribution in [3.8, 4) is 0 Å². The van der Waals surface area contributed by atoms with Gasteiger partial charge in [0, 0.05) is 19.5 Å². The van der Waals surface area contributed by atoms with Crippen LogP contribution in [0.25, 0.3) is 10.2 Å². The van der Waals surface area contributed by atoms with Gasteiger partial charge in [-0.25, -0.2) is 4.98 Å². The first-order valence-electron chi connectivity index (χ1n) is 12.6. The van der Waals surface area contributed by atoms with Crippen molar-refractivity contribution < 1.29 is 9.53 Å². The summed E-state index contributed by atoms with van der Waals surface area (Å²) in [6.07, 6.45) is 10.5. The Labute approximate surface area is 199 Å². The third-order valence-corrected chi connectivity index (χ3v) is 9.92. The molecule has 2 aromatic heterocycles. The minimum Gasteiger partial charge on any atom is -0.373 e. The maximum absolute atomic E-state index is 13.0. The molecule has 178 valence electrons. The highest BCUT2D eigenvalue weighted by Gasteiger charge is 2.60. The molecule has 5 aliphatic rings. The number of rotatable bonds is 5. The molecule has 0 spiro atoms. The Morgan fingerprint density at radius 3 is 2.67 bits per heavy atom. The predicted molar refractivity (Wildman–Crippen MR) is 130 cm³/mol. The number of amides is 1.